The molecule has 0 unspecified atom stereocenters. The van der Waals surface area contributed by atoms with Crippen LogP contribution in [0, 0.1) is 10.1 Å². The first-order valence-corrected chi connectivity index (χ1v) is 6.27. The molecule has 0 saturated carbocycles. The Morgan fingerprint density at radius 1 is 1.33 bits per heavy atom. The molecule has 96 valence electrons. The van der Waals surface area contributed by atoms with Crippen LogP contribution in [0.3, 0.4) is 0 Å². The number of nitrogens with zero attached hydrogens (tertiary/aromatic N) is 3. The Hall–Kier alpha value is -1.62. The Morgan fingerprint density at radius 3 is 2.72 bits per heavy atom. The first-order chi connectivity index (χ1) is 8.66. The molecule has 1 aromatic carbocycles. The molecule has 0 aliphatic carbocycles. The van der Waals surface area contributed by atoms with Crippen LogP contribution in [-0.4, -0.2) is 29.2 Å². The summed E-state index contributed by atoms with van der Waals surface area (Å²) in [6, 6.07) is 4.69. The van der Waals surface area contributed by atoms with E-state index in [-0.39, 0.29) is 10.7 Å². The van der Waals surface area contributed by atoms with Gasteiger partial charge in [-0.25, -0.2) is 0 Å². The first-order valence-electron chi connectivity index (χ1n) is 5.90. The second-order valence-electron chi connectivity index (χ2n) is 4.23. The summed E-state index contributed by atoms with van der Waals surface area (Å²) in [5.41, 5.74) is 0.607. The van der Waals surface area contributed by atoms with Gasteiger partial charge in [0.15, 0.2) is 0 Å². The van der Waals surface area contributed by atoms with Crippen molar-refractivity contribution in [2.45, 2.75) is 19.3 Å². The van der Waals surface area contributed by atoms with Gasteiger partial charge in [0.1, 0.15) is 5.02 Å². The topological polar surface area (TPSA) is 58.7 Å². The predicted octanol–water partition coefficient (Wildman–Crippen LogP) is 3.07. The Morgan fingerprint density at radius 2 is 2.06 bits per heavy atom. The van der Waals surface area contributed by atoms with Crippen LogP contribution < -0.4 is 0 Å². The number of nitro groups is 1. The Balaban J connectivity index is 2.11. The van der Waals surface area contributed by atoms with Gasteiger partial charge in [0.05, 0.1) is 11.1 Å². The molecule has 1 fully saturated rings. The van der Waals surface area contributed by atoms with Gasteiger partial charge in [-0.05, 0) is 25.3 Å². The molecular weight excluding hydrogens is 254 g/mol. The summed E-state index contributed by atoms with van der Waals surface area (Å²) in [5, 5.41) is 17.2. The molecular formula is C12H14ClN3O2. The van der Waals surface area contributed by atoms with Gasteiger partial charge in [-0.15, -0.1) is 0 Å². The molecule has 0 N–H and O–H groups in total. The molecule has 1 aliphatic rings. The van der Waals surface area contributed by atoms with E-state index in [2.05, 4.69) is 5.10 Å². The summed E-state index contributed by atoms with van der Waals surface area (Å²) in [5.74, 6) is 0. The first kappa shape index (κ1) is 12.8. The Kier molecular flexibility index (Phi) is 4.15. The minimum Gasteiger partial charge on any atom is -0.297 e. The molecule has 6 heteroatoms. The summed E-state index contributed by atoms with van der Waals surface area (Å²) in [7, 11) is 0. The lowest BCUT2D eigenvalue weighted by Crippen LogP contribution is -2.24. The van der Waals surface area contributed by atoms with E-state index in [1.54, 1.807) is 12.3 Å². The van der Waals surface area contributed by atoms with Crippen molar-refractivity contribution < 1.29 is 4.92 Å². The number of halogens is 1. The number of benzene rings is 1. The van der Waals surface area contributed by atoms with E-state index in [9.17, 15) is 10.1 Å². The summed E-state index contributed by atoms with van der Waals surface area (Å²) in [6.45, 7) is 1.90. The van der Waals surface area contributed by atoms with Gasteiger partial charge in [0, 0.05) is 24.7 Å². The minimum absolute atomic E-state index is 0.0840. The molecule has 2 rings (SSSR count). The van der Waals surface area contributed by atoms with Crippen LogP contribution in [0.25, 0.3) is 0 Å². The zero-order valence-electron chi connectivity index (χ0n) is 9.88. The summed E-state index contributed by atoms with van der Waals surface area (Å²) in [6.07, 6.45) is 5.20. The van der Waals surface area contributed by atoms with Crippen LogP contribution in [0.4, 0.5) is 5.69 Å². The molecule has 1 aliphatic heterocycles. The molecule has 18 heavy (non-hydrogen) atoms. The second kappa shape index (κ2) is 5.82. The van der Waals surface area contributed by atoms with E-state index < -0.39 is 4.92 Å². The molecule has 0 spiro atoms. The number of hydrogen-bond acceptors (Lipinski definition) is 4. The summed E-state index contributed by atoms with van der Waals surface area (Å²) < 4.78 is 0. The lowest BCUT2D eigenvalue weighted by atomic mass is 10.2. The SMILES string of the molecule is O=[N+]([O-])c1cc(/C=N/N2CCCCC2)ccc1Cl. The van der Waals surface area contributed by atoms with E-state index in [1.165, 1.54) is 18.6 Å². The Bertz CT molecular complexity index is 470. The smallest absolute Gasteiger partial charge is 0.288 e. The van der Waals surface area contributed by atoms with Crippen LogP contribution in [0.2, 0.25) is 5.02 Å². The molecule has 0 amide bonds. The van der Waals surface area contributed by atoms with Crippen molar-refractivity contribution in [1.82, 2.24) is 5.01 Å². The van der Waals surface area contributed by atoms with Gasteiger partial charge in [0.2, 0.25) is 0 Å². The molecule has 0 radical (unpaired) electrons. The second-order valence-corrected chi connectivity index (χ2v) is 4.63. The third kappa shape index (κ3) is 3.20. The molecule has 0 bridgehead atoms. The van der Waals surface area contributed by atoms with Gasteiger partial charge < -0.3 is 0 Å². The van der Waals surface area contributed by atoms with E-state index in [0.717, 1.165) is 25.9 Å². The van der Waals surface area contributed by atoms with Gasteiger partial charge >= 0.3 is 0 Å². The maximum atomic E-state index is 10.7. The predicted molar refractivity (Wildman–Crippen MR) is 71.1 cm³/mol. The average Bonchev–Trinajstić information content (AvgIpc) is 2.38. The Labute approximate surface area is 110 Å². The molecule has 0 aromatic heterocycles. The number of nitro benzene ring substituents is 1. The van der Waals surface area contributed by atoms with Crippen LogP contribution in [0.1, 0.15) is 24.8 Å². The van der Waals surface area contributed by atoms with Crippen molar-refractivity contribution in [3.63, 3.8) is 0 Å². The maximum Gasteiger partial charge on any atom is 0.288 e. The lowest BCUT2D eigenvalue weighted by Gasteiger charge is -2.23. The van der Waals surface area contributed by atoms with Crippen molar-refractivity contribution in [3.8, 4) is 0 Å². The van der Waals surface area contributed by atoms with Gasteiger partial charge in [0.25, 0.3) is 5.69 Å². The standard InChI is InChI=1S/C12H14ClN3O2/c13-11-5-4-10(8-12(11)16(17)18)9-14-15-6-2-1-3-7-15/h4-5,8-9H,1-3,6-7H2/b14-9+. The highest BCUT2D eigenvalue weighted by Crippen LogP contribution is 2.24. The van der Waals surface area contributed by atoms with Crippen LogP contribution in [-0.2, 0) is 0 Å². The normalized spacial score (nSPS) is 16.2. The van der Waals surface area contributed by atoms with Gasteiger partial charge in [-0.1, -0.05) is 17.7 Å². The zero-order chi connectivity index (χ0) is 13.0. The van der Waals surface area contributed by atoms with E-state index in [4.69, 9.17) is 11.6 Å². The number of rotatable bonds is 3. The molecule has 5 nitrogen and oxygen atoms in total. The largest absolute Gasteiger partial charge is 0.297 e. The lowest BCUT2D eigenvalue weighted by molar-refractivity contribution is -0.384. The average molecular weight is 268 g/mol. The fraction of sp³-hybridized carbons (Fsp3) is 0.417. The fourth-order valence-electron chi connectivity index (χ4n) is 1.89. The van der Waals surface area contributed by atoms with E-state index >= 15 is 0 Å². The fourth-order valence-corrected chi connectivity index (χ4v) is 2.08. The van der Waals surface area contributed by atoms with Crippen LogP contribution in [0.5, 0.6) is 0 Å². The maximum absolute atomic E-state index is 10.7. The molecule has 0 atom stereocenters. The van der Waals surface area contributed by atoms with Gasteiger partial charge in [-0.3, -0.25) is 15.1 Å². The van der Waals surface area contributed by atoms with Crippen molar-refractivity contribution in [2.24, 2.45) is 5.10 Å². The molecule has 1 heterocycles. The highest BCUT2D eigenvalue weighted by Gasteiger charge is 2.12. The number of hydrazone groups is 1. The molecule has 1 saturated heterocycles. The zero-order valence-corrected chi connectivity index (χ0v) is 10.6. The summed E-state index contributed by atoms with van der Waals surface area (Å²) in [4.78, 5) is 10.3. The summed E-state index contributed by atoms with van der Waals surface area (Å²) >= 11 is 5.74. The number of piperidine rings is 1. The monoisotopic (exact) mass is 267 g/mol. The highest BCUT2D eigenvalue weighted by atomic mass is 35.5. The van der Waals surface area contributed by atoms with Crippen molar-refractivity contribution in [1.29, 1.82) is 0 Å². The third-order valence-electron chi connectivity index (χ3n) is 2.87. The minimum atomic E-state index is -0.486. The van der Waals surface area contributed by atoms with Crippen molar-refractivity contribution in [2.75, 3.05) is 13.1 Å². The van der Waals surface area contributed by atoms with Crippen molar-refractivity contribution >= 4 is 23.5 Å². The quantitative estimate of drug-likeness (QED) is 0.480. The number of hydrogen-bond donors (Lipinski definition) is 0. The highest BCUT2D eigenvalue weighted by molar-refractivity contribution is 6.32. The van der Waals surface area contributed by atoms with Crippen LogP contribution >= 0.6 is 11.6 Å². The molecule has 1 aromatic rings. The third-order valence-corrected chi connectivity index (χ3v) is 3.19. The van der Waals surface area contributed by atoms with E-state index in [0.29, 0.717) is 5.56 Å². The van der Waals surface area contributed by atoms with E-state index in [1.807, 2.05) is 5.01 Å². The van der Waals surface area contributed by atoms with Crippen molar-refractivity contribution in [3.05, 3.63) is 38.9 Å². The van der Waals surface area contributed by atoms with Crippen LogP contribution in [0.15, 0.2) is 23.3 Å². The van der Waals surface area contributed by atoms with Gasteiger partial charge in [-0.2, -0.15) is 5.10 Å².